The highest BCUT2D eigenvalue weighted by Gasteiger charge is 2.40. The zero-order valence-corrected chi connectivity index (χ0v) is 7.14. The van der Waals surface area contributed by atoms with Gasteiger partial charge in [0.15, 0.2) is 0 Å². The number of epoxide rings is 1. The van der Waals surface area contributed by atoms with Gasteiger partial charge in [-0.3, -0.25) is 0 Å². The Hall–Kier alpha value is -0.0800. The van der Waals surface area contributed by atoms with Crippen LogP contribution >= 0.6 is 0 Å². The van der Waals surface area contributed by atoms with Crippen LogP contribution in [0.15, 0.2) is 0 Å². The maximum absolute atomic E-state index is 5.70. The molecule has 2 nitrogen and oxygen atoms in total. The smallest absolute Gasteiger partial charge is 0.112 e. The van der Waals surface area contributed by atoms with Gasteiger partial charge in [-0.15, -0.1) is 0 Å². The fourth-order valence-corrected chi connectivity index (χ4v) is 1.56. The van der Waals surface area contributed by atoms with E-state index in [0.717, 1.165) is 13.2 Å². The Bertz CT molecular complexity index is 134. The average molecular weight is 156 g/mol. The molecule has 64 valence electrons. The van der Waals surface area contributed by atoms with Crippen LogP contribution in [0.4, 0.5) is 0 Å². The second-order valence-corrected chi connectivity index (χ2v) is 3.96. The molecule has 0 aromatic rings. The van der Waals surface area contributed by atoms with Crippen molar-refractivity contribution in [2.45, 2.75) is 44.3 Å². The minimum absolute atomic E-state index is 0.0859. The fraction of sp³-hybridized carbons (Fsp3) is 1.00. The molecule has 11 heavy (non-hydrogen) atoms. The summed E-state index contributed by atoms with van der Waals surface area (Å²) in [6.07, 6.45) is 5.76. The number of hydrogen-bond donors (Lipinski definition) is 0. The van der Waals surface area contributed by atoms with Crippen LogP contribution in [-0.4, -0.2) is 24.9 Å². The zero-order valence-electron chi connectivity index (χ0n) is 7.14. The van der Waals surface area contributed by atoms with Gasteiger partial charge in [0.2, 0.25) is 0 Å². The third-order valence-corrected chi connectivity index (χ3v) is 2.56. The minimum atomic E-state index is 0.0859. The van der Waals surface area contributed by atoms with E-state index in [2.05, 4.69) is 6.92 Å². The Labute approximate surface area is 67.9 Å². The fourth-order valence-electron chi connectivity index (χ4n) is 1.56. The van der Waals surface area contributed by atoms with Crippen molar-refractivity contribution in [2.24, 2.45) is 0 Å². The van der Waals surface area contributed by atoms with E-state index < -0.39 is 0 Å². The molecule has 0 bridgehead atoms. The molecule has 0 aromatic carbocycles. The Balaban J connectivity index is 1.65. The van der Waals surface area contributed by atoms with Crippen LogP contribution in [0.25, 0.3) is 0 Å². The van der Waals surface area contributed by atoms with Crippen molar-refractivity contribution in [2.75, 3.05) is 13.2 Å². The SMILES string of the molecule is CC1(COC2CCCC2)CO1. The predicted octanol–water partition coefficient (Wildman–Crippen LogP) is 1.73. The third kappa shape index (κ3) is 1.94. The maximum Gasteiger partial charge on any atom is 0.112 e. The molecule has 0 N–H and O–H groups in total. The summed E-state index contributed by atoms with van der Waals surface area (Å²) in [4.78, 5) is 0. The first-order valence-electron chi connectivity index (χ1n) is 4.54. The van der Waals surface area contributed by atoms with Crippen LogP contribution in [0.1, 0.15) is 32.6 Å². The Morgan fingerprint density at radius 2 is 2.09 bits per heavy atom. The molecule has 0 radical (unpaired) electrons. The second-order valence-electron chi connectivity index (χ2n) is 3.96. The highest BCUT2D eigenvalue weighted by molar-refractivity contribution is 4.87. The Morgan fingerprint density at radius 3 is 2.64 bits per heavy atom. The topological polar surface area (TPSA) is 21.8 Å². The van der Waals surface area contributed by atoms with Gasteiger partial charge in [0.1, 0.15) is 5.60 Å². The van der Waals surface area contributed by atoms with E-state index in [-0.39, 0.29) is 5.60 Å². The summed E-state index contributed by atoms with van der Waals surface area (Å²) in [5.41, 5.74) is 0.0859. The Morgan fingerprint density at radius 1 is 1.45 bits per heavy atom. The summed E-state index contributed by atoms with van der Waals surface area (Å²) in [6.45, 7) is 3.80. The first-order chi connectivity index (χ1) is 5.29. The third-order valence-electron chi connectivity index (χ3n) is 2.56. The Kier molecular flexibility index (Phi) is 1.90. The number of ether oxygens (including phenoxy) is 2. The molecule has 2 fully saturated rings. The van der Waals surface area contributed by atoms with Crippen LogP contribution in [0.3, 0.4) is 0 Å². The van der Waals surface area contributed by atoms with Gasteiger partial charge in [0, 0.05) is 0 Å². The van der Waals surface area contributed by atoms with Crippen molar-refractivity contribution in [1.82, 2.24) is 0 Å². The predicted molar refractivity (Wildman–Crippen MR) is 42.6 cm³/mol. The van der Waals surface area contributed by atoms with Gasteiger partial charge < -0.3 is 9.47 Å². The van der Waals surface area contributed by atoms with Gasteiger partial charge in [0.25, 0.3) is 0 Å². The van der Waals surface area contributed by atoms with Gasteiger partial charge in [-0.1, -0.05) is 12.8 Å². The summed E-state index contributed by atoms with van der Waals surface area (Å²) in [6, 6.07) is 0. The molecule has 1 unspecified atom stereocenters. The molecule has 0 spiro atoms. The van der Waals surface area contributed by atoms with E-state index in [1.54, 1.807) is 0 Å². The van der Waals surface area contributed by atoms with Crippen LogP contribution in [-0.2, 0) is 9.47 Å². The minimum Gasteiger partial charge on any atom is -0.375 e. The van der Waals surface area contributed by atoms with E-state index in [4.69, 9.17) is 9.47 Å². The first kappa shape index (κ1) is 7.56. The van der Waals surface area contributed by atoms with Crippen molar-refractivity contribution in [3.8, 4) is 0 Å². The molecule has 1 atom stereocenters. The van der Waals surface area contributed by atoms with Crippen molar-refractivity contribution in [1.29, 1.82) is 0 Å². The molecule has 1 saturated carbocycles. The monoisotopic (exact) mass is 156 g/mol. The van der Waals surface area contributed by atoms with Crippen LogP contribution in [0.5, 0.6) is 0 Å². The summed E-state index contributed by atoms with van der Waals surface area (Å²) in [7, 11) is 0. The lowest BCUT2D eigenvalue weighted by molar-refractivity contribution is 0.0258. The van der Waals surface area contributed by atoms with Crippen LogP contribution in [0.2, 0.25) is 0 Å². The molecule has 2 rings (SSSR count). The van der Waals surface area contributed by atoms with Gasteiger partial charge in [-0.2, -0.15) is 0 Å². The van der Waals surface area contributed by atoms with Gasteiger partial charge in [-0.25, -0.2) is 0 Å². The van der Waals surface area contributed by atoms with Crippen LogP contribution in [0, 0.1) is 0 Å². The van der Waals surface area contributed by atoms with E-state index >= 15 is 0 Å². The van der Waals surface area contributed by atoms with Crippen molar-refractivity contribution >= 4 is 0 Å². The summed E-state index contributed by atoms with van der Waals surface area (Å²) in [5.74, 6) is 0. The lowest BCUT2D eigenvalue weighted by atomic mass is 10.2. The largest absolute Gasteiger partial charge is 0.375 e. The molecule has 1 aliphatic heterocycles. The first-order valence-corrected chi connectivity index (χ1v) is 4.54. The van der Waals surface area contributed by atoms with Gasteiger partial charge in [-0.05, 0) is 19.8 Å². The molecule has 0 aromatic heterocycles. The number of hydrogen-bond acceptors (Lipinski definition) is 2. The summed E-state index contributed by atoms with van der Waals surface area (Å²) < 4.78 is 10.9. The van der Waals surface area contributed by atoms with Crippen molar-refractivity contribution in [3.63, 3.8) is 0 Å². The van der Waals surface area contributed by atoms with Gasteiger partial charge in [0.05, 0.1) is 19.3 Å². The number of rotatable bonds is 3. The highest BCUT2D eigenvalue weighted by atomic mass is 16.6. The second kappa shape index (κ2) is 2.76. The average Bonchev–Trinajstić information content (AvgIpc) is 2.53. The molecule has 0 amide bonds. The molecular formula is C9H16O2. The maximum atomic E-state index is 5.70. The van der Waals surface area contributed by atoms with Crippen molar-refractivity contribution < 1.29 is 9.47 Å². The van der Waals surface area contributed by atoms with Crippen LogP contribution < -0.4 is 0 Å². The molecule has 1 aliphatic carbocycles. The lowest BCUT2D eigenvalue weighted by Crippen LogP contribution is -2.19. The van der Waals surface area contributed by atoms with E-state index in [0.29, 0.717) is 6.10 Å². The zero-order chi connectivity index (χ0) is 7.73. The molecule has 1 heterocycles. The lowest BCUT2D eigenvalue weighted by Gasteiger charge is -2.12. The van der Waals surface area contributed by atoms with Gasteiger partial charge >= 0.3 is 0 Å². The van der Waals surface area contributed by atoms with E-state index in [1.165, 1.54) is 25.7 Å². The standard InChI is InChI=1S/C9H16O2/c1-9(7-11-9)6-10-8-4-2-3-5-8/h8H,2-7H2,1H3. The quantitative estimate of drug-likeness (QED) is 0.580. The van der Waals surface area contributed by atoms with Crippen molar-refractivity contribution in [3.05, 3.63) is 0 Å². The molecule has 2 heteroatoms. The molecule has 2 aliphatic rings. The highest BCUT2D eigenvalue weighted by Crippen LogP contribution is 2.29. The molecule has 1 saturated heterocycles. The normalized spacial score (nSPS) is 37.9. The van der Waals surface area contributed by atoms with E-state index in [1.807, 2.05) is 0 Å². The summed E-state index contributed by atoms with van der Waals surface area (Å²) >= 11 is 0. The van der Waals surface area contributed by atoms with E-state index in [9.17, 15) is 0 Å². The summed E-state index contributed by atoms with van der Waals surface area (Å²) in [5, 5.41) is 0. The molecular weight excluding hydrogens is 140 g/mol.